The van der Waals surface area contributed by atoms with Crippen LogP contribution in [0.2, 0.25) is 0 Å². The summed E-state index contributed by atoms with van der Waals surface area (Å²) in [4.78, 5) is 38.6. The number of alkyl carbamates (subject to hydrolysis) is 1. The minimum absolute atomic E-state index is 0.0000546. The molecule has 0 aliphatic heterocycles. The minimum atomic E-state index is -0.962. The Labute approximate surface area is 224 Å². The molecule has 2 amide bonds. The van der Waals surface area contributed by atoms with Gasteiger partial charge in [0.15, 0.2) is 0 Å². The van der Waals surface area contributed by atoms with E-state index in [2.05, 4.69) is 31.4 Å². The molecule has 7 heteroatoms. The number of hydrogen-bond acceptors (Lipinski definition) is 5. The summed E-state index contributed by atoms with van der Waals surface area (Å²) in [6, 6.07) is 24.6. The van der Waals surface area contributed by atoms with Crippen LogP contribution in [0.3, 0.4) is 0 Å². The van der Waals surface area contributed by atoms with Crippen LogP contribution >= 0.6 is 0 Å². The van der Waals surface area contributed by atoms with Crippen molar-refractivity contribution in [3.63, 3.8) is 0 Å². The second kappa shape index (κ2) is 13.4. The van der Waals surface area contributed by atoms with Crippen molar-refractivity contribution in [2.24, 2.45) is 0 Å². The van der Waals surface area contributed by atoms with Crippen LogP contribution in [0, 0.1) is 0 Å². The molecule has 0 heterocycles. The van der Waals surface area contributed by atoms with Crippen molar-refractivity contribution in [2.45, 2.75) is 57.7 Å². The molecule has 0 spiro atoms. The summed E-state index contributed by atoms with van der Waals surface area (Å²) in [5.74, 6) is -1.07. The molecule has 38 heavy (non-hydrogen) atoms. The molecule has 7 nitrogen and oxygen atoms in total. The van der Waals surface area contributed by atoms with E-state index < -0.39 is 30.1 Å². The molecule has 0 aromatic heterocycles. The van der Waals surface area contributed by atoms with Crippen LogP contribution in [0.4, 0.5) is 4.79 Å². The molecule has 0 radical (unpaired) electrons. The average Bonchev–Trinajstić information content (AvgIpc) is 2.91. The molecule has 3 aromatic rings. The Balaban J connectivity index is 1.72. The Morgan fingerprint density at radius 1 is 0.711 bits per heavy atom. The van der Waals surface area contributed by atoms with Gasteiger partial charge < -0.3 is 20.1 Å². The average molecular weight is 517 g/mol. The van der Waals surface area contributed by atoms with Crippen LogP contribution in [0.25, 0.3) is 0 Å². The van der Waals surface area contributed by atoms with E-state index in [-0.39, 0.29) is 24.9 Å². The second-order valence-electron chi connectivity index (χ2n) is 10.2. The van der Waals surface area contributed by atoms with E-state index >= 15 is 0 Å². The lowest BCUT2D eigenvalue weighted by Gasteiger charge is -2.23. The smallest absolute Gasteiger partial charge is 0.408 e. The summed E-state index contributed by atoms with van der Waals surface area (Å²) in [6.45, 7) is 6.46. The van der Waals surface area contributed by atoms with Gasteiger partial charge in [-0.05, 0) is 27.7 Å². The first-order valence-electron chi connectivity index (χ1n) is 12.6. The van der Waals surface area contributed by atoms with E-state index in [9.17, 15) is 14.4 Å². The van der Waals surface area contributed by atoms with Crippen molar-refractivity contribution in [2.75, 3.05) is 7.11 Å². The van der Waals surface area contributed by atoms with Crippen molar-refractivity contribution < 1.29 is 23.9 Å². The largest absolute Gasteiger partial charge is 0.467 e. The normalized spacial score (nSPS) is 12.6. The number of amides is 2. The lowest BCUT2D eigenvalue weighted by atomic mass is 9.86. The molecular formula is C31H36N2O5. The lowest BCUT2D eigenvalue weighted by molar-refractivity contribution is -0.145. The molecule has 0 saturated carbocycles. The van der Waals surface area contributed by atoms with Crippen LogP contribution in [-0.2, 0) is 43.9 Å². The Morgan fingerprint density at radius 2 is 1.24 bits per heavy atom. The summed E-state index contributed by atoms with van der Waals surface area (Å²) in [7, 11) is 1.28. The van der Waals surface area contributed by atoms with Gasteiger partial charge in [-0.15, -0.1) is 0 Å². The molecule has 0 unspecified atom stereocenters. The molecule has 0 aliphatic rings. The van der Waals surface area contributed by atoms with E-state index in [1.165, 1.54) is 12.7 Å². The lowest BCUT2D eigenvalue weighted by Crippen LogP contribution is -2.53. The summed E-state index contributed by atoms with van der Waals surface area (Å²) < 4.78 is 10.3. The van der Waals surface area contributed by atoms with Crippen molar-refractivity contribution >= 4 is 18.0 Å². The summed E-state index contributed by atoms with van der Waals surface area (Å²) in [5, 5.41) is 5.44. The number of nitrogens with one attached hydrogen (secondary N) is 2. The summed E-state index contributed by atoms with van der Waals surface area (Å²) in [5.41, 5.74) is 3.72. The molecule has 0 fully saturated rings. The fourth-order valence-electron chi connectivity index (χ4n) is 3.95. The number of benzene rings is 3. The third-order valence-electron chi connectivity index (χ3n) is 6.17. The number of carbonyl (C=O) groups is 3. The van der Waals surface area contributed by atoms with Crippen LogP contribution in [0.5, 0.6) is 0 Å². The van der Waals surface area contributed by atoms with E-state index in [4.69, 9.17) is 9.47 Å². The molecule has 3 rings (SSSR count). The predicted molar refractivity (Wildman–Crippen MR) is 146 cm³/mol. The molecule has 0 saturated heterocycles. The van der Waals surface area contributed by atoms with Gasteiger partial charge in [0.25, 0.3) is 0 Å². The predicted octanol–water partition coefficient (Wildman–Crippen LogP) is 4.72. The monoisotopic (exact) mass is 516 g/mol. The first kappa shape index (κ1) is 28.4. The molecule has 3 aromatic carbocycles. The Kier molecular flexibility index (Phi) is 10.0. The molecule has 2 atom stereocenters. The van der Waals surface area contributed by atoms with Crippen LogP contribution in [0.15, 0.2) is 84.9 Å². The van der Waals surface area contributed by atoms with Crippen molar-refractivity contribution in [1.82, 2.24) is 10.6 Å². The third kappa shape index (κ3) is 8.76. The molecule has 0 bridgehead atoms. The van der Waals surface area contributed by atoms with Gasteiger partial charge in [-0.2, -0.15) is 0 Å². The van der Waals surface area contributed by atoms with Gasteiger partial charge >= 0.3 is 12.1 Å². The second-order valence-corrected chi connectivity index (χ2v) is 10.2. The maximum Gasteiger partial charge on any atom is 0.408 e. The zero-order chi connectivity index (χ0) is 27.5. The van der Waals surface area contributed by atoms with Crippen LogP contribution < -0.4 is 10.6 Å². The third-order valence-corrected chi connectivity index (χ3v) is 6.17. The van der Waals surface area contributed by atoms with Gasteiger partial charge in [0.1, 0.15) is 18.7 Å². The van der Waals surface area contributed by atoms with Crippen LogP contribution in [-0.4, -0.2) is 37.2 Å². The highest BCUT2D eigenvalue weighted by atomic mass is 16.5. The fourth-order valence-corrected chi connectivity index (χ4v) is 3.95. The van der Waals surface area contributed by atoms with Gasteiger partial charge in [-0.25, -0.2) is 9.59 Å². The van der Waals surface area contributed by atoms with Crippen LogP contribution in [0.1, 0.15) is 43.0 Å². The highest BCUT2D eigenvalue weighted by molar-refractivity contribution is 5.90. The maximum absolute atomic E-state index is 13.4. The topological polar surface area (TPSA) is 93.7 Å². The number of hydrogen-bond donors (Lipinski definition) is 2. The van der Waals surface area contributed by atoms with Crippen molar-refractivity contribution in [1.29, 1.82) is 0 Å². The minimum Gasteiger partial charge on any atom is -0.467 e. The zero-order valence-electron chi connectivity index (χ0n) is 22.4. The Morgan fingerprint density at radius 3 is 1.79 bits per heavy atom. The molecular weight excluding hydrogens is 480 g/mol. The van der Waals surface area contributed by atoms with Gasteiger partial charge in [0.05, 0.1) is 7.11 Å². The van der Waals surface area contributed by atoms with Crippen molar-refractivity contribution in [3.8, 4) is 0 Å². The SMILES string of the molecule is COC(=O)[C@@H](Cc1ccc(C(C)(C)C)cc1)NC(=O)[C@H](Cc1ccccc1)NC(=O)OCc1ccccc1. The van der Waals surface area contributed by atoms with E-state index in [0.717, 1.165) is 16.7 Å². The molecule has 0 aliphatic carbocycles. The fraction of sp³-hybridized carbons (Fsp3) is 0.323. The number of methoxy groups -OCH3 is 1. The van der Waals surface area contributed by atoms with E-state index in [1.807, 2.05) is 84.9 Å². The first-order valence-corrected chi connectivity index (χ1v) is 12.6. The van der Waals surface area contributed by atoms with E-state index in [1.54, 1.807) is 0 Å². The number of rotatable bonds is 10. The first-order chi connectivity index (χ1) is 18.2. The Hall–Kier alpha value is -4.13. The molecule has 200 valence electrons. The summed E-state index contributed by atoms with van der Waals surface area (Å²) in [6.07, 6.45) is -0.252. The van der Waals surface area contributed by atoms with Crippen molar-refractivity contribution in [3.05, 3.63) is 107 Å². The molecule has 2 N–H and O–H groups in total. The van der Waals surface area contributed by atoms with Gasteiger partial charge in [0.2, 0.25) is 5.91 Å². The standard InChI is InChI=1S/C31H36N2O5/c1-31(2,3)25-17-15-23(16-18-25)20-27(29(35)37-4)32-28(34)26(19-22-11-7-5-8-12-22)33-30(36)38-21-24-13-9-6-10-14-24/h5-18,26-27H,19-21H2,1-4H3,(H,32,34)(H,33,36)/t26-,27+/m0/s1. The zero-order valence-corrected chi connectivity index (χ0v) is 22.4. The quantitative estimate of drug-likeness (QED) is 0.380. The highest BCUT2D eigenvalue weighted by Crippen LogP contribution is 2.22. The number of ether oxygens (including phenoxy) is 2. The highest BCUT2D eigenvalue weighted by Gasteiger charge is 2.28. The van der Waals surface area contributed by atoms with Gasteiger partial charge in [-0.1, -0.05) is 106 Å². The maximum atomic E-state index is 13.4. The number of esters is 1. The van der Waals surface area contributed by atoms with Gasteiger partial charge in [0, 0.05) is 12.8 Å². The van der Waals surface area contributed by atoms with Gasteiger partial charge in [-0.3, -0.25) is 4.79 Å². The van der Waals surface area contributed by atoms with E-state index in [0.29, 0.717) is 0 Å². The Bertz CT molecular complexity index is 1190. The number of carbonyl (C=O) groups excluding carboxylic acids is 3. The summed E-state index contributed by atoms with van der Waals surface area (Å²) >= 11 is 0.